The smallest absolute Gasteiger partial charge is 0.162 e. The predicted octanol–water partition coefficient (Wildman–Crippen LogP) is 1.75. The van der Waals surface area contributed by atoms with Gasteiger partial charge in [-0.3, -0.25) is 4.21 Å². The zero-order valence-corrected chi connectivity index (χ0v) is 11.0. The lowest BCUT2D eigenvalue weighted by Crippen LogP contribution is -2.11. The van der Waals surface area contributed by atoms with Gasteiger partial charge in [0.2, 0.25) is 0 Å². The fraction of sp³-hybridized carbons (Fsp3) is 0.538. The first kappa shape index (κ1) is 12.0. The minimum Gasteiger partial charge on any atom is -0.490 e. The molecule has 98 valence electrons. The molecule has 0 aromatic heterocycles. The summed E-state index contributed by atoms with van der Waals surface area (Å²) < 4.78 is 23.5. The van der Waals surface area contributed by atoms with Gasteiger partial charge in [-0.25, -0.2) is 0 Å². The van der Waals surface area contributed by atoms with Crippen LogP contribution in [0.3, 0.4) is 0 Å². The van der Waals surface area contributed by atoms with Crippen LogP contribution in [-0.2, 0) is 10.8 Å². The van der Waals surface area contributed by atoms with Crippen molar-refractivity contribution in [2.75, 3.05) is 19.0 Å². The summed E-state index contributed by atoms with van der Waals surface area (Å²) in [6.07, 6.45) is 2.64. The van der Waals surface area contributed by atoms with Crippen molar-refractivity contribution in [1.82, 2.24) is 0 Å². The Balaban J connectivity index is 2.11. The van der Waals surface area contributed by atoms with E-state index in [1.807, 2.05) is 12.1 Å². The van der Waals surface area contributed by atoms with Crippen LogP contribution in [0.2, 0.25) is 0 Å². The molecule has 2 aliphatic heterocycles. The van der Waals surface area contributed by atoms with Gasteiger partial charge >= 0.3 is 0 Å². The van der Waals surface area contributed by atoms with Gasteiger partial charge in [0, 0.05) is 29.2 Å². The fourth-order valence-electron chi connectivity index (χ4n) is 2.39. The highest BCUT2D eigenvalue weighted by molar-refractivity contribution is 7.85. The van der Waals surface area contributed by atoms with Crippen molar-refractivity contribution < 1.29 is 13.7 Å². The molecule has 18 heavy (non-hydrogen) atoms. The van der Waals surface area contributed by atoms with Crippen LogP contribution < -0.4 is 15.2 Å². The van der Waals surface area contributed by atoms with Crippen molar-refractivity contribution in [2.45, 2.75) is 30.2 Å². The summed E-state index contributed by atoms with van der Waals surface area (Å²) >= 11 is 0. The van der Waals surface area contributed by atoms with E-state index in [1.165, 1.54) is 0 Å². The van der Waals surface area contributed by atoms with Crippen molar-refractivity contribution in [2.24, 2.45) is 5.73 Å². The average molecular weight is 267 g/mol. The normalized spacial score (nSPS) is 26.9. The van der Waals surface area contributed by atoms with Gasteiger partial charge in [0.15, 0.2) is 11.5 Å². The van der Waals surface area contributed by atoms with Gasteiger partial charge in [0.1, 0.15) is 0 Å². The molecule has 2 heterocycles. The van der Waals surface area contributed by atoms with Gasteiger partial charge in [0.05, 0.1) is 24.0 Å². The van der Waals surface area contributed by atoms with Crippen molar-refractivity contribution in [3.8, 4) is 11.5 Å². The second kappa shape index (κ2) is 4.90. The number of benzene rings is 1. The van der Waals surface area contributed by atoms with E-state index in [9.17, 15) is 4.21 Å². The molecule has 2 N–H and O–H groups in total. The maximum Gasteiger partial charge on any atom is 0.162 e. The molecule has 0 radical (unpaired) electrons. The maximum atomic E-state index is 12.2. The number of fused-ring (bicyclic) bond motifs is 2. The molecule has 5 heteroatoms. The summed E-state index contributed by atoms with van der Waals surface area (Å²) in [5.74, 6) is 2.12. The summed E-state index contributed by atoms with van der Waals surface area (Å²) in [4.78, 5) is 0.823. The van der Waals surface area contributed by atoms with Crippen LogP contribution in [-0.4, -0.2) is 23.2 Å². The largest absolute Gasteiger partial charge is 0.490 e. The average Bonchev–Trinajstić information content (AvgIpc) is 2.67. The third-order valence-corrected chi connectivity index (χ3v) is 4.87. The Hall–Kier alpha value is -1.07. The zero-order valence-electron chi connectivity index (χ0n) is 10.2. The Bertz CT molecular complexity index is 489. The summed E-state index contributed by atoms with van der Waals surface area (Å²) in [7, 11) is -0.972. The Morgan fingerprint density at radius 3 is 2.67 bits per heavy atom. The van der Waals surface area contributed by atoms with Crippen molar-refractivity contribution in [3.05, 3.63) is 17.7 Å². The number of ether oxygens (including phenoxy) is 2. The predicted molar refractivity (Wildman–Crippen MR) is 69.5 cm³/mol. The van der Waals surface area contributed by atoms with Gasteiger partial charge in [-0.1, -0.05) is 0 Å². The first-order valence-electron chi connectivity index (χ1n) is 6.33. The van der Waals surface area contributed by atoms with Gasteiger partial charge in [-0.15, -0.1) is 0 Å². The highest BCUT2D eigenvalue weighted by Crippen LogP contribution is 2.38. The first-order chi connectivity index (χ1) is 8.75. The number of nitrogens with two attached hydrogens (primary N) is 1. The molecule has 0 aliphatic carbocycles. The maximum absolute atomic E-state index is 12.2. The lowest BCUT2D eigenvalue weighted by Gasteiger charge is -2.15. The molecular weight excluding hydrogens is 250 g/mol. The van der Waals surface area contributed by atoms with Crippen LogP contribution in [0, 0.1) is 0 Å². The summed E-state index contributed by atoms with van der Waals surface area (Å²) in [6.45, 7) is 1.30. The van der Waals surface area contributed by atoms with E-state index >= 15 is 0 Å². The van der Waals surface area contributed by atoms with Crippen LogP contribution in [0.5, 0.6) is 11.5 Å². The van der Waals surface area contributed by atoms with Gasteiger partial charge in [-0.2, -0.15) is 0 Å². The van der Waals surface area contributed by atoms with Crippen LogP contribution in [0.25, 0.3) is 0 Å². The molecule has 0 spiro atoms. The molecule has 0 amide bonds. The van der Waals surface area contributed by atoms with Gasteiger partial charge in [-0.05, 0) is 24.5 Å². The number of hydrogen-bond acceptors (Lipinski definition) is 4. The lowest BCUT2D eigenvalue weighted by molar-refractivity contribution is 0.296. The molecule has 2 unspecified atom stereocenters. The van der Waals surface area contributed by atoms with Crippen molar-refractivity contribution in [3.63, 3.8) is 0 Å². The molecule has 0 bridgehead atoms. The number of hydrogen-bond donors (Lipinski definition) is 1. The van der Waals surface area contributed by atoms with Crippen LogP contribution in [0.1, 0.15) is 30.9 Å². The van der Waals surface area contributed by atoms with E-state index in [0.29, 0.717) is 24.7 Å². The molecule has 2 aliphatic rings. The summed E-state index contributed by atoms with van der Waals surface area (Å²) in [6, 6.07) is 3.73. The SMILES string of the molecule is NC1CCCS(=O)c2cc3c(cc21)OCCCO3. The number of rotatable bonds is 0. The Kier molecular flexibility index (Phi) is 3.26. The van der Waals surface area contributed by atoms with E-state index in [-0.39, 0.29) is 6.04 Å². The molecule has 0 saturated carbocycles. The second-order valence-electron chi connectivity index (χ2n) is 4.69. The lowest BCUT2D eigenvalue weighted by atomic mass is 10.0. The molecule has 1 aromatic carbocycles. The summed E-state index contributed by atoms with van der Waals surface area (Å²) in [5, 5.41) is 0. The Labute approximate surface area is 109 Å². The Morgan fingerprint density at radius 2 is 1.89 bits per heavy atom. The minimum atomic E-state index is -0.972. The molecular formula is C13H17NO3S. The van der Waals surface area contributed by atoms with Crippen molar-refractivity contribution >= 4 is 10.8 Å². The van der Waals surface area contributed by atoms with Gasteiger partial charge in [0.25, 0.3) is 0 Å². The first-order valence-corrected chi connectivity index (χ1v) is 7.65. The molecule has 0 saturated heterocycles. The van der Waals surface area contributed by atoms with Gasteiger partial charge < -0.3 is 15.2 Å². The second-order valence-corrected chi connectivity index (χ2v) is 6.22. The monoisotopic (exact) mass is 267 g/mol. The van der Waals surface area contributed by atoms with Crippen molar-refractivity contribution in [1.29, 1.82) is 0 Å². The quantitative estimate of drug-likeness (QED) is 0.778. The van der Waals surface area contributed by atoms with Crippen LogP contribution in [0.4, 0.5) is 0 Å². The Morgan fingerprint density at radius 1 is 1.17 bits per heavy atom. The third-order valence-electron chi connectivity index (χ3n) is 3.37. The van der Waals surface area contributed by atoms with E-state index in [2.05, 4.69) is 0 Å². The molecule has 3 rings (SSSR count). The molecule has 0 fully saturated rings. The highest BCUT2D eigenvalue weighted by atomic mass is 32.2. The molecule has 4 nitrogen and oxygen atoms in total. The standard InChI is InChI=1S/C13H17NO3S/c14-10-3-1-6-18(15)13-8-12-11(7-9(10)13)16-4-2-5-17-12/h7-8,10H,1-6,14H2. The van der Waals surface area contributed by atoms with E-state index in [4.69, 9.17) is 15.2 Å². The van der Waals surface area contributed by atoms with E-state index in [1.54, 1.807) is 0 Å². The third kappa shape index (κ3) is 2.12. The van der Waals surface area contributed by atoms with E-state index in [0.717, 1.165) is 35.5 Å². The fourth-order valence-corrected chi connectivity index (χ4v) is 3.75. The van der Waals surface area contributed by atoms with E-state index < -0.39 is 10.8 Å². The zero-order chi connectivity index (χ0) is 12.5. The topological polar surface area (TPSA) is 61.6 Å². The molecule has 2 atom stereocenters. The minimum absolute atomic E-state index is 0.0522. The van der Waals surface area contributed by atoms with Crippen LogP contribution in [0.15, 0.2) is 17.0 Å². The summed E-state index contributed by atoms with van der Waals surface area (Å²) in [5.41, 5.74) is 7.10. The van der Waals surface area contributed by atoms with Crippen LogP contribution >= 0.6 is 0 Å². The molecule has 1 aromatic rings. The highest BCUT2D eigenvalue weighted by Gasteiger charge is 2.24.